The molecule has 0 saturated carbocycles. The predicted molar refractivity (Wildman–Crippen MR) is 86.9 cm³/mol. The van der Waals surface area contributed by atoms with Gasteiger partial charge in [-0.15, -0.1) is 0 Å². The van der Waals surface area contributed by atoms with Crippen molar-refractivity contribution in [1.29, 1.82) is 0 Å². The van der Waals surface area contributed by atoms with Gasteiger partial charge in [0.1, 0.15) is 0 Å². The molecule has 21 heavy (non-hydrogen) atoms. The van der Waals surface area contributed by atoms with Crippen LogP contribution in [0.2, 0.25) is 0 Å². The first-order valence-corrected chi connectivity index (χ1v) is 8.33. The maximum Gasteiger partial charge on any atom is 0.330 e. The van der Waals surface area contributed by atoms with Gasteiger partial charge in [0.15, 0.2) is 4.90 Å². The van der Waals surface area contributed by atoms with Gasteiger partial charge in [0.25, 0.3) is 15.6 Å². The van der Waals surface area contributed by atoms with Gasteiger partial charge >= 0.3 is 5.69 Å². The third kappa shape index (κ3) is 3.18. The van der Waals surface area contributed by atoms with Crippen LogP contribution in [0.5, 0.6) is 0 Å². The molecule has 1 heterocycles. The Labute approximate surface area is 134 Å². The van der Waals surface area contributed by atoms with Crippen molar-refractivity contribution in [1.82, 2.24) is 9.13 Å². The molecule has 2 rings (SSSR count). The van der Waals surface area contributed by atoms with Crippen LogP contribution in [-0.2, 0) is 24.1 Å². The summed E-state index contributed by atoms with van der Waals surface area (Å²) >= 11 is 2.05. The van der Waals surface area contributed by atoms with Crippen LogP contribution in [0.1, 0.15) is 0 Å². The lowest BCUT2D eigenvalue weighted by Gasteiger charge is -2.10. The van der Waals surface area contributed by atoms with E-state index < -0.39 is 26.2 Å². The summed E-state index contributed by atoms with van der Waals surface area (Å²) in [4.78, 5) is 23.1. The molecule has 0 bridgehead atoms. The van der Waals surface area contributed by atoms with Gasteiger partial charge in [-0.2, -0.15) is 0 Å². The molecular weight excluding hydrogens is 409 g/mol. The molecule has 0 atom stereocenters. The molecule has 0 radical (unpaired) electrons. The largest absolute Gasteiger partial charge is 0.330 e. The van der Waals surface area contributed by atoms with Crippen molar-refractivity contribution in [3.63, 3.8) is 0 Å². The molecular formula is C12H12IN3O4S. The molecule has 0 amide bonds. The Morgan fingerprint density at radius 2 is 1.86 bits per heavy atom. The van der Waals surface area contributed by atoms with Gasteiger partial charge < -0.3 is 4.57 Å². The number of nitrogens with zero attached hydrogens (tertiary/aromatic N) is 2. The number of anilines is 1. The maximum absolute atomic E-state index is 12.3. The number of sulfonamides is 1. The fraction of sp³-hybridized carbons (Fsp3) is 0.167. The van der Waals surface area contributed by atoms with E-state index in [1.165, 1.54) is 14.1 Å². The van der Waals surface area contributed by atoms with E-state index in [0.29, 0.717) is 5.69 Å². The summed E-state index contributed by atoms with van der Waals surface area (Å²) in [5.41, 5.74) is -1.11. The Kier molecular flexibility index (Phi) is 4.23. The Morgan fingerprint density at radius 3 is 2.48 bits per heavy atom. The van der Waals surface area contributed by atoms with Crippen molar-refractivity contribution < 1.29 is 8.42 Å². The smallest absolute Gasteiger partial charge is 0.302 e. The minimum atomic E-state index is -4.07. The Hall–Kier alpha value is -1.62. The second-order valence-electron chi connectivity index (χ2n) is 4.37. The zero-order valence-electron chi connectivity index (χ0n) is 11.2. The Balaban J connectivity index is 2.56. The van der Waals surface area contributed by atoms with E-state index in [0.717, 1.165) is 18.9 Å². The fourth-order valence-electron chi connectivity index (χ4n) is 1.72. The van der Waals surface area contributed by atoms with Crippen molar-refractivity contribution in [3.05, 3.63) is 54.9 Å². The highest BCUT2D eigenvalue weighted by Gasteiger charge is 2.21. The van der Waals surface area contributed by atoms with Gasteiger partial charge in [0.2, 0.25) is 0 Å². The van der Waals surface area contributed by atoms with E-state index in [1.807, 2.05) is 28.7 Å². The van der Waals surface area contributed by atoms with Crippen LogP contribution in [-0.4, -0.2) is 17.6 Å². The van der Waals surface area contributed by atoms with Crippen LogP contribution in [0.4, 0.5) is 5.69 Å². The summed E-state index contributed by atoms with van der Waals surface area (Å²) in [5.74, 6) is 0. The van der Waals surface area contributed by atoms with E-state index in [9.17, 15) is 18.0 Å². The van der Waals surface area contributed by atoms with E-state index >= 15 is 0 Å². The molecule has 0 aliphatic rings. The summed E-state index contributed by atoms with van der Waals surface area (Å²) in [5, 5.41) is 0. The first-order valence-electron chi connectivity index (χ1n) is 5.77. The zero-order chi connectivity index (χ0) is 15.8. The summed E-state index contributed by atoms with van der Waals surface area (Å²) in [6.07, 6.45) is 1.01. The number of hydrogen-bond donors (Lipinski definition) is 1. The van der Waals surface area contributed by atoms with Crippen molar-refractivity contribution in [2.75, 3.05) is 4.72 Å². The van der Waals surface area contributed by atoms with Gasteiger partial charge in [-0.3, -0.25) is 14.1 Å². The third-order valence-electron chi connectivity index (χ3n) is 2.78. The quantitative estimate of drug-likeness (QED) is 0.731. The SMILES string of the molecule is Cn1cc(S(=O)(=O)Nc2cccc(I)c2)c(=O)n(C)c1=O. The van der Waals surface area contributed by atoms with Gasteiger partial charge in [-0.1, -0.05) is 6.07 Å². The lowest BCUT2D eigenvalue weighted by Crippen LogP contribution is -2.40. The standard InChI is InChI=1S/C12H12IN3O4S/c1-15-7-10(11(17)16(2)12(15)18)21(19,20)14-9-5-3-4-8(13)6-9/h3-7,14H,1-2H3. The van der Waals surface area contributed by atoms with Gasteiger partial charge in [0.05, 0.1) is 0 Å². The number of rotatable bonds is 3. The van der Waals surface area contributed by atoms with E-state index in [1.54, 1.807) is 18.2 Å². The predicted octanol–water partition coefficient (Wildman–Crippen LogP) is 0.489. The van der Waals surface area contributed by atoms with Crippen LogP contribution >= 0.6 is 22.6 Å². The Morgan fingerprint density at radius 1 is 1.19 bits per heavy atom. The molecule has 7 nitrogen and oxygen atoms in total. The van der Waals surface area contributed by atoms with Crippen LogP contribution in [0.15, 0.2) is 44.9 Å². The molecule has 1 aromatic carbocycles. The first kappa shape index (κ1) is 15.8. The number of halogens is 1. The fourth-order valence-corrected chi connectivity index (χ4v) is 3.48. The maximum atomic E-state index is 12.3. The van der Waals surface area contributed by atoms with Crippen LogP contribution in [0.25, 0.3) is 0 Å². The summed E-state index contributed by atoms with van der Waals surface area (Å²) in [6, 6.07) is 6.71. The molecule has 0 aliphatic carbocycles. The van der Waals surface area contributed by atoms with Crippen LogP contribution in [0.3, 0.4) is 0 Å². The van der Waals surface area contributed by atoms with Gasteiger partial charge in [-0.25, -0.2) is 13.2 Å². The summed E-state index contributed by atoms with van der Waals surface area (Å²) in [7, 11) is -1.46. The minimum absolute atomic E-state index is 0.345. The molecule has 2 aromatic rings. The average Bonchev–Trinajstić information content (AvgIpc) is 2.40. The molecule has 1 aromatic heterocycles. The molecule has 9 heteroatoms. The monoisotopic (exact) mass is 421 g/mol. The summed E-state index contributed by atoms with van der Waals surface area (Å²) < 4.78 is 29.6. The van der Waals surface area contributed by atoms with Crippen molar-refractivity contribution >= 4 is 38.3 Å². The van der Waals surface area contributed by atoms with Crippen LogP contribution < -0.4 is 16.0 Å². The van der Waals surface area contributed by atoms with Crippen LogP contribution in [0, 0.1) is 3.57 Å². The molecule has 0 unspecified atom stereocenters. The van der Waals surface area contributed by atoms with Gasteiger partial charge in [0, 0.05) is 29.5 Å². The second kappa shape index (κ2) is 5.64. The van der Waals surface area contributed by atoms with E-state index in [4.69, 9.17) is 0 Å². The Bertz CT molecular complexity index is 915. The zero-order valence-corrected chi connectivity index (χ0v) is 14.2. The highest BCUT2D eigenvalue weighted by molar-refractivity contribution is 14.1. The summed E-state index contributed by atoms with van der Waals surface area (Å²) in [6.45, 7) is 0. The molecule has 0 fully saturated rings. The molecule has 0 saturated heterocycles. The number of nitrogens with one attached hydrogen (secondary N) is 1. The first-order chi connectivity index (χ1) is 9.72. The number of hydrogen-bond acceptors (Lipinski definition) is 4. The normalized spacial score (nSPS) is 11.4. The highest BCUT2D eigenvalue weighted by atomic mass is 127. The lowest BCUT2D eigenvalue weighted by molar-refractivity contribution is 0.589. The molecule has 1 N–H and O–H groups in total. The molecule has 0 aliphatic heterocycles. The minimum Gasteiger partial charge on any atom is -0.302 e. The number of benzene rings is 1. The topological polar surface area (TPSA) is 90.2 Å². The van der Waals surface area contributed by atoms with E-state index in [-0.39, 0.29) is 0 Å². The second-order valence-corrected chi connectivity index (χ2v) is 7.26. The molecule has 112 valence electrons. The number of aromatic nitrogens is 2. The molecule has 0 spiro atoms. The van der Waals surface area contributed by atoms with Crippen molar-refractivity contribution in [3.8, 4) is 0 Å². The van der Waals surface area contributed by atoms with Crippen molar-refractivity contribution in [2.45, 2.75) is 4.90 Å². The average molecular weight is 421 g/mol. The van der Waals surface area contributed by atoms with E-state index in [2.05, 4.69) is 4.72 Å². The lowest BCUT2D eigenvalue weighted by atomic mass is 10.3. The number of aryl methyl sites for hydroxylation is 1. The van der Waals surface area contributed by atoms with Crippen molar-refractivity contribution in [2.24, 2.45) is 14.1 Å². The van der Waals surface area contributed by atoms with Gasteiger partial charge in [-0.05, 0) is 40.8 Å². The third-order valence-corrected chi connectivity index (χ3v) is 4.82. The highest BCUT2D eigenvalue weighted by Crippen LogP contribution is 2.16.